The zero-order valence-electron chi connectivity index (χ0n) is 17.8. The summed E-state index contributed by atoms with van der Waals surface area (Å²) in [6.45, 7) is 1.42. The molecule has 33 heavy (non-hydrogen) atoms. The number of hydrogen-bond acceptors (Lipinski definition) is 4. The molecule has 0 spiro atoms. The first-order valence-electron chi connectivity index (χ1n) is 9.99. The van der Waals surface area contributed by atoms with Gasteiger partial charge in [-0.05, 0) is 36.1 Å². The number of carboxylic acids is 1. The minimum absolute atomic E-state index is 0.0927. The van der Waals surface area contributed by atoms with Crippen molar-refractivity contribution >= 4 is 22.6 Å². The van der Waals surface area contributed by atoms with Gasteiger partial charge in [-0.3, -0.25) is 4.79 Å². The van der Waals surface area contributed by atoms with Crippen LogP contribution in [-0.4, -0.2) is 36.2 Å². The molecule has 3 aromatic carbocycles. The highest BCUT2D eigenvalue weighted by molar-refractivity contribution is 6.04. The molecular formula is C24H22F3NO5. The van der Waals surface area contributed by atoms with Crippen LogP contribution in [0.1, 0.15) is 28.4 Å². The van der Waals surface area contributed by atoms with E-state index in [-0.39, 0.29) is 17.9 Å². The number of carboxylic acid groups (broad SMARTS) is 1. The predicted molar refractivity (Wildman–Crippen MR) is 115 cm³/mol. The lowest BCUT2D eigenvalue weighted by molar-refractivity contribution is -0.142. The monoisotopic (exact) mass is 461 g/mol. The molecular weight excluding hydrogens is 439 g/mol. The molecule has 2 N–H and O–H groups in total. The first-order chi connectivity index (χ1) is 15.6. The van der Waals surface area contributed by atoms with Crippen LogP contribution in [0.15, 0.2) is 60.7 Å². The minimum Gasteiger partial charge on any atom is -0.487 e. The van der Waals surface area contributed by atoms with Crippen molar-refractivity contribution in [2.24, 2.45) is 0 Å². The van der Waals surface area contributed by atoms with E-state index in [1.165, 1.54) is 32.2 Å². The van der Waals surface area contributed by atoms with Gasteiger partial charge in [-0.25, -0.2) is 4.79 Å². The maximum Gasteiger partial charge on any atom is 0.416 e. The van der Waals surface area contributed by atoms with E-state index in [9.17, 15) is 27.9 Å². The van der Waals surface area contributed by atoms with Crippen LogP contribution in [0.5, 0.6) is 5.75 Å². The Hall–Kier alpha value is -3.59. The lowest BCUT2D eigenvalue weighted by Gasteiger charge is -2.21. The summed E-state index contributed by atoms with van der Waals surface area (Å²) in [4.78, 5) is 24.5. The fourth-order valence-electron chi connectivity index (χ4n) is 3.26. The van der Waals surface area contributed by atoms with Gasteiger partial charge >= 0.3 is 12.1 Å². The fraction of sp³-hybridized carbons (Fsp3) is 0.250. The van der Waals surface area contributed by atoms with Gasteiger partial charge in [0.1, 0.15) is 12.4 Å². The third-order valence-corrected chi connectivity index (χ3v) is 5.18. The number of aliphatic carboxylic acids is 1. The predicted octanol–water partition coefficient (Wildman–Crippen LogP) is 4.66. The van der Waals surface area contributed by atoms with E-state index in [0.717, 1.165) is 17.5 Å². The Kier molecular flexibility index (Phi) is 7.23. The molecule has 0 saturated heterocycles. The molecule has 9 heteroatoms. The Bertz CT molecular complexity index is 1150. The van der Waals surface area contributed by atoms with E-state index in [0.29, 0.717) is 10.9 Å². The minimum atomic E-state index is -4.44. The van der Waals surface area contributed by atoms with E-state index in [1.807, 2.05) is 12.1 Å². The summed E-state index contributed by atoms with van der Waals surface area (Å²) in [6.07, 6.45) is -5.23. The van der Waals surface area contributed by atoms with Crippen molar-refractivity contribution < 1.29 is 37.3 Å². The molecule has 0 fully saturated rings. The molecule has 6 nitrogen and oxygen atoms in total. The fourth-order valence-corrected chi connectivity index (χ4v) is 3.26. The summed E-state index contributed by atoms with van der Waals surface area (Å²) in [5, 5.41) is 13.3. The standard InChI is InChI=1S/C24H22F3NO5/c1-14(32-2)20(23(30)31)28-22(29)19-12-9-16-5-3-4-6-18(16)21(19)33-13-15-7-10-17(11-8-15)24(25,26)27/h3-12,14,20H,13H2,1-2H3,(H,28,29)(H,30,31)/t14-,20-/m0/s1. The lowest BCUT2D eigenvalue weighted by atomic mass is 10.0. The number of hydrogen-bond donors (Lipinski definition) is 2. The van der Waals surface area contributed by atoms with Gasteiger partial charge in [0.05, 0.1) is 17.2 Å². The number of benzene rings is 3. The number of amides is 1. The molecule has 0 saturated carbocycles. The third kappa shape index (κ3) is 5.61. The number of carbonyl (C=O) groups excluding carboxylic acids is 1. The summed E-state index contributed by atoms with van der Waals surface area (Å²) < 4.78 is 49.3. The largest absolute Gasteiger partial charge is 0.487 e. The maximum atomic E-state index is 13.0. The quantitative estimate of drug-likeness (QED) is 0.510. The zero-order chi connectivity index (χ0) is 24.2. The average Bonchev–Trinajstić information content (AvgIpc) is 2.79. The number of halogens is 3. The van der Waals surface area contributed by atoms with Crippen molar-refractivity contribution in [3.63, 3.8) is 0 Å². The second-order valence-corrected chi connectivity index (χ2v) is 7.38. The van der Waals surface area contributed by atoms with Crippen molar-refractivity contribution in [1.29, 1.82) is 0 Å². The number of ether oxygens (including phenoxy) is 2. The number of alkyl halides is 3. The summed E-state index contributed by atoms with van der Waals surface area (Å²) in [7, 11) is 1.33. The van der Waals surface area contributed by atoms with Gasteiger partial charge in [-0.15, -0.1) is 0 Å². The summed E-state index contributed by atoms with van der Waals surface area (Å²) in [6, 6.07) is 13.5. The molecule has 1 amide bonds. The molecule has 2 atom stereocenters. The summed E-state index contributed by atoms with van der Waals surface area (Å²) >= 11 is 0. The van der Waals surface area contributed by atoms with E-state index in [2.05, 4.69) is 5.32 Å². The normalized spacial score (nSPS) is 13.4. The SMILES string of the molecule is CO[C@@H](C)[C@H](NC(=O)c1ccc2ccccc2c1OCc1ccc(C(F)(F)F)cc1)C(=O)O. The molecule has 174 valence electrons. The third-order valence-electron chi connectivity index (χ3n) is 5.18. The van der Waals surface area contributed by atoms with Crippen molar-refractivity contribution in [2.75, 3.05) is 7.11 Å². The van der Waals surface area contributed by atoms with Gasteiger partial charge in [0.2, 0.25) is 0 Å². The molecule has 0 aliphatic rings. The highest BCUT2D eigenvalue weighted by Gasteiger charge is 2.30. The Morgan fingerprint density at radius 3 is 2.30 bits per heavy atom. The molecule has 0 aliphatic heterocycles. The van der Waals surface area contributed by atoms with Crippen LogP contribution in [0, 0.1) is 0 Å². The molecule has 3 aromatic rings. The van der Waals surface area contributed by atoms with Crippen LogP contribution in [0.4, 0.5) is 13.2 Å². The lowest BCUT2D eigenvalue weighted by Crippen LogP contribution is -2.48. The Morgan fingerprint density at radius 1 is 1.03 bits per heavy atom. The molecule has 0 radical (unpaired) electrons. The topological polar surface area (TPSA) is 84.9 Å². The Morgan fingerprint density at radius 2 is 1.70 bits per heavy atom. The van der Waals surface area contributed by atoms with Crippen LogP contribution in [-0.2, 0) is 22.3 Å². The van der Waals surface area contributed by atoms with Gasteiger partial charge in [0, 0.05) is 12.5 Å². The highest BCUT2D eigenvalue weighted by Crippen LogP contribution is 2.32. The molecule has 0 unspecified atom stereocenters. The number of nitrogens with one attached hydrogen (secondary N) is 1. The van der Waals surface area contributed by atoms with Gasteiger partial charge in [0.25, 0.3) is 5.91 Å². The zero-order valence-corrected chi connectivity index (χ0v) is 17.8. The first kappa shape index (κ1) is 24.1. The second kappa shape index (κ2) is 9.91. The van der Waals surface area contributed by atoms with Crippen LogP contribution >= 0.6 is 0 Å². The number of fused-ring (bicyclic) bond motifs is 1. The van der Waals surface area contributed by atoms with Crippen molar-refractivity contribution in [1.82, 2.24) is 5.32 Å². The van der Waals surface area contributed by atoms with Crippen LogP contribution < -0.4 is 10.1 Å². The molecule has 0 aromatic heterocycles. The van der Waals surface area contributed by atoms with Crippen LogP contribution in [0.2, 0.25) is 0 Å². The molecule has 0 heterocycles. The second-order valence-electron chi connectivity index (χ2n) is 7.38. The molecule has 3 rings (SSSR count). The van der Waals surface area contributed by atoms with E-state index in [4.69, 9.17) is 9.47 Å². The molecule has 0 aliphatic carbocycles. The number of methoxy groups -OCH3 is 1. The maximum absolute atomic E-state index is 13.0. The number of rotatable bonds is 8. The van der Waals surface area contributed by atoms with Gasteiger partial charge in [0.15, 0.2) is 6.04 Å². The van der Waals surface area contributed by atoms with Gasteiger partial charge in [-0.1, -0.05) is 42.5 Å². The summed E-state index contributed by atoms with van der Waals surface area (Å²) in [5.41, 5.74) is -0.211. The van der Waals surface area contributed by atoms with Gasteiger partial charge < -0.3 is 19.9 Å². The summed E-state index contributed by atoms with van der Waals surface area (Å²) in [5.74, 6) is -1.75. The average molecular weight is 461 g/mol. The van der Waals surface area contributed by atoms with Crippen molar-refractivity contribution in [3.05, 3.63) is 77.4 Å². The Balaban J connectivity index is 1.92. The van der Waals surface area contributed by atoms with Crippen molar-refractivity contribution in [2.45, 2.75) is 31.9 Å². The highest BCUT2D eigenvalue weighted by atomic mass is 19.4. The number of carbonyl (C=O) groups is 2. The van der Waals surface area contributed by atoms with Gasteiger partial charge in [-0.2, -0.15) is 13.2 Å². The first-order valence-corrected chi connectivity index (χ1v) is 9.99. The van der Waals surface area contributed by atoms with E-state index >= 15 is 0 Å². The van der Waals surface area contributed by atoms with E-state index in [1.54, 1.807) is 18.2 Å². The van der Waals surface area contributed by atoms with Crippen LogP contribution in [0.25, 0.3) is 10.8 Å². The van der Waals surface area contributed by atoms with Crippen molar-refractivity contribution in [3.8, 4) is 5.75 Å². The Labute approximate surface area is 187 Å². The van der Waals surface area contributed by atoms with E-state index < -0.39 is 35.8 Å². The van der Waals surface area contributed by atoms with Crippen LogP contribution in [0.3, 0.4) is 0 Å². The smallest absolute Gasteiger partial charge is 0.416 e. The molecule has 0 bridgehead atoms.